The van der Waals surface area contributed by atoms with Crippen LogP contribution in [0.15, 0.2) is 0 Å². The molecule has 2 heteroatoms. The van der Waals surface area contributed by atoms with Gasteiger partial charge in [-0.2, -0.15) is 0 Å². The number of rotatable bonds is 4. The summed E-state index contributed by atoms with van der Waals surface area (Å²) in [5.74, 6) is 0. The van der Waals surface area contributed by atoms with Crippen LogP contribution < -0.4 is 5.73 Å². The zero-order valence-electron chi connectivity index (χ0n) is 9.72. The maximum absolute atomic E-state index is 9.59. The summed E-state index contributed by atoms with van der Waals surface area (Å²) in [6.07, 6.45) is 1.77. The number of aliphatic hydroxyl groups excluding tert-OH is 1. The van der Waals surface area contributed by atoms with Gasteiger partial charge in [-0.05, 0) is 25.2 Å². The Morgan fingerprint density at radius 1 is 1.15 bits per heavy atom. The van der Waals surface area contributed by atoms with E-state index in [1.165, 1.54) is 0 Å². The van der Waals surface area contributed by atoms with Crippen LogP contribution in [0, 0.1) is 10.8 Å². The molecule has 2 atom stereocenters. The Bertz CT molecular complexity index is 149. The van der Waals surface area contributed by atoms with E-state index in [9.17, 15) is 5.11 Å². The first-order chi connectivity index (χ1) is 5.71. The van der Waals surface area contributed by atoms with Crippen LogP contribution in [-0.2, 0) is 0 Å². The second kappa shape index (κ2) is 4.43. The highest BCUT2D eigenvalue weighted by Crippen LogP contribution is 2.32. The molecule has 0 rings (SSSR count). The van der Waals surface area contributed by atoms with Gasteiger partial charge in [0, 0.05) is 12.0 Å². The Hall–Kier alpha value is -0.0800. The fourth-order valence-corrected chi connectivity index (χ4v) is 1.14. The number of aliphatic hydroxyl groups is 1. The molecule has 2 unspecified atom stereocenters. The summed E-state index contributed by atoms with van der Waals surface area (Å²) in [5.41, 5.74) is 5.88. The molecule has 0 fully saturated rings. The van der Waals surface area contributed by atoms with Crippen LogP contribution in [0.2, 0.25) is 0 Å². The normalized spacial score (nSPS) is 19.6. The maximum atomic E-state index is 9.59. The van der Waals surface area contributed by atoms with E-state index in [1.807, 2.05) is 6.92 Å². The Balaban J connectivity index is 4.14. The van der Waals surface area contributed by atoms with Crippen molar-refractivity contribution in [1.29, 1.82) is 0 Å². The monoisotopic (exact) mass is 187 g/mol. The molecule has 0 heterocycles. The van der Waals surface area contributed by atoms with Gasteiger partial charge in [0.1, 0.15) is 0 Å². The van der Waals surface area contributed by atoms with E-state index in [0.717, 1.165) is 12.8 Å². The molecule has 0 aliphatic heterocycles. The van der Waals surface area contributed by atoms with Crippen LogP contribution in [0.3, 0.4) is 0 Å². The molecule has 0 spiro atoms. The highest BCUT2D eigenvalue weighted by atomic mass is 16.3. The van der Waals surface area contributed by atoms with Gasteiger partial charge in [-0.15, -0.1) is 0 Å². The van der Waals surface area contributed by atoms with Gasteiger partial charge in [0.05, 0.1) is 6.10 Å². The van der Waals surface area contributed by atoms with Crippen LogP contribution in [0.1, 0.15) is 47.5 Å². The van der Waals surface area contributed by atoms with Gasteiger partial charge in [-0.3, -0.25) is 0 Å². The summed E-state index contributed by atoms with van der Waals surface area (Å²) in [4.78, 5) is 0. The van der Waals surface area contributed by atoms with E-state index in [1.54, 1.807) is 0 Å². The number of hydrogen-bond acceptors (Lipinski definition) is 2. The van der Waals surface area contributed by atoms with E-state index >= 15 is 0 Å². The molecule has 0 saturated carbocycles. The van der Waals surface area contributed by atoms with Crippen LogP contribution in [-0.4, -0.2) is 17.8 Å². The Kier molecular flexibility index (Phi) is 4.40. The van der Waals surface area contributed by atoms with E-state index in [-0.39, 0.29) is 11.5 Å². The summed E-state index contributed by atoms with van der Waals surface area (Å²) in [6.45, 7) is 11.1. The van der Waals surface area contributed by atoms with E-state index in [2.05, 4.69) is 27.7 Å². The molecule has 0 bridgehead atoms. The minimum Gasteiger partial charge on any atom is -0.393 e. The second-order valence-corrected chi connectivity index (χ2v) is 5.59. The third kappa shape index (κ3) is 4.63. The first kappa shape index (κ1) is 12.9. The number of nitrogens with two attached hydrogens (primary N) is 1. The molecule has 0 aliphatic rings. The third-order valence-electron chi connectivity index (χ3n) is 2.92. The fraction of sp³-hybridized carbons (Fsp3) is 1.00. The summed E-state index contributed by atoms with van der Waals surface area (Å²) in [7, 11) is 0. The van der Waals surface area contributed by atoms with Crippen molar-refractivity contribution < 1.29 is 5.11 Å². The summed E-state index contributed by atoms with van der Waals surface area (Å²) in [6, 6.07) is 0. The van der Waals surface area contributed by atoms with E-state index in [4.69, 9.17) is 5.73 Å². The summed E-state index contributed by atoms with van der Waals surface area (Å²) in [5, 5.41) is 9.59. The molecule has 3 N–H and O–H groups in total. The lowest BCUT2D eigenvalue weighted by atomic mass is 9.76. The molecule has 0 aliphatic carbocycles. The van der Waals surface area contributed by atoms with E-state index < -0.39 is 0 Å². The lowest BCUT2D eigenvalue weighted by Gasteiger charge is -2.33. The van der Waals surface area contributed by atoms with Gasteiger partial charge < -0.3 is 10.8 Å². The van der Waals surface area contributed by atoms with Crippen molar-refractivity contribution in [2.24, 2.45) is 16.6 Å². The van der Waals surface area contributed by atoms with Gasteiger partial charge >= 0.3 is 0 Å². The lowest BCUT2D eigenvalue weighted by Crippen LogP contribution is -2.38. The molecule has 13 heavy (non-hydrogen) atoms. The van der Waals surface area contributed by atoms with Crippen LogP contribution in [0.5, 0.6) is 0 Å². The number of hydrogen-bond donors (Lipinski definition) is 2. The molecule has 0 aromatic carbocycles. The molecule has 0 aromatic rings. The highest BCUT2D eigenvalue weighted by Gasteiger charge is 2.29. The van der Waals surface area contributed by atoms with Gasteiger partial charge in [-0.1, -0.05) is 27.7 Å². The fourth-order valence-electron chi connectivity index (χ4n) is 1.14. The predicted octanol–water partition coefficient (Wildman–Crippen LogP) is 2.16. The topological polar surface area (TPSA) is 46.2 Å². The largest absolute Gasteiger partial charge is 0.393 e. The van der Waals surface area contributed by atoms with Crippen LogP contribution in [0.4, 0.5) is 0 Å². The quantitative estimate of drug-likeness (QED) is 0.708. The SMILES string of the molecule is CC(O)C(C)(CN)CCC(C)(C)C. The molecule has 0 aromatic heterocycles. The third-order valence-corrected chi connectivity index (χ3v) is 2.92. The minimum absolute atomic E-state index is 0.118. The zero-order valence-corrected chi connectivity index (χ0v) is 9.72. The van der Waals surface area contributed by atoms with Gasteiger partial charge in [-0.25, -0.2) is 0 Å². The average molecular weight is 187 g/mol. The van der Waals surface area contributed by atoms with Crippen molar-refractivity contribution in [1.82, 2.24) is 0 Å². The molecular weight excluding hydrogens is 162 g/mol. The maximum Gasteiger partial charge on any atom is 0.0577 e. The molecule has 0 amide bonds. The molecule has 0 radical (unpaired) electrons. The van der Waals surface area contributed by atoms with Gasteiger partial charge in [0.2, 0.25) is 0 Å². The lowest BCUT2D eigenvalue weighted by molar-refractivity contribution is 0.0435. The van der Waals surface area contributed by atoms with Crippen molar-refractivity contribution in [2.45, 2.75) is 53.6 Å². The minimum atomic E-state index is -0.320. The first-order valence-corrected chi connectivity index (χ1v) is 5.09. The van der Waals surface area contributed by atoms with Crippen molar-refractivity contribution in [3.63, 3.8) is 0 Å². The van der Waals surface area contributed by atoms with Crippen molar-refractivity contribution >= 4 is 0 Å². The average Bonchev–Trinajstić information content (AvgIpc) is 1.98. The zero-order chi connectivity index (χ0) is 10.7. The highest BCUT2D eigenvalue weighted by molar-refractivity contribution is 4.82. The van der Waals surface area contributed by atoms with Crippen molar-refractivity contribution in [3.8, 4) is 0 Å². The standard InChI is InChI=1S/C11H25NO/c1-9(13)11(5,8-12)7-6-10(2,3)4/h9,13H,6-8,12H2,1-5H3. The molecule has 2 nitrogen and oxygen atoms in total. The van der Waals surface area contributed by atoms with Gasteiger partial charge in [0.25, 0.3) is 0 Å². The second-order valence-electron chi connectivity index (χ2n) is 5.59. The van der Waals surface area contributed by atoms with Crippen molar-refractivity contribution in [2.75, 3.05) is 6.54 Å². The summed E-state index contributed by atoms with van der Waals surface area (Å²) < 4.78 is 0. The van der Waals surface area contributed by atoms with Gasteiger partial charge in [0.15, 0.2) is 0 Å². The predicted molar refractivity (Wildman–Crippen MR) is 57.5 cm³/mol. The van der Waals surface area contributed by atoms with Crippen LogP contribution in [0.25, 0.3) is 0 Å². The Labute approximate surface area is 82.5 Å². The smallest absolute Gasteiger partial charge is 0.0577 e. The molecule has 0 saturated heterocycles. The van der Waals surface area contributed by atoms with Crippen LogP contribution >= 0.6 is 0 Å². The molecular formula is C11H25NO. The Morgan fingerprint density at radius 2 is 1.62 bits per heavy atom. The molecule has 80 valence electrons. The first-order valence-electron chi connectivity index (χ1n) is 5.09. The Morgan fingerprint density at radius 3 is 1.85 bits per heavy atom. The van der Waals surface area contributed by atoms with Crippen molar-refractivity contribution in [3.05, 3.63) is 0 Å². The van der Waals surface area contributed by atoms with E-state index in [0.29, 0.717) is 12.0 Å². The summed E-state index contributed by atoms with van der Waals surface area (Å²) >= 11 is 0.